The Hall–Kier alpha value is -1.90. The number of sulfonamides is 1. The van der Waals surface area contributed by atoms with Crippen LogP contribution in [0.15, 0.2) is 51.8 Å². The van der Waals surface area contributed by atoms with Crippen molar-refractivity contribution in [2.75, 3.05) is 25.0 Å². The lowest BCUT2D eigenvalue weighted by Gasteiger charge is -2.20. The number of nitrogens with zero attached hydrogens (tertiary/aromatic N) is 1. The van der Waals surface area contributed by atoms with Crippen LogP contribution >= 0.6 is 15.9 Å². The van der Waals surface area contributed by atoms with Crippen molar-refractivity contribution >= 4 is 37.5 Å². The number of ether oxygens (including phenoxy) is 1. The molecule has 0 aliphatic carbocycles. The molecule has 1 fully saturated rings. The number of benzene rings is 2. The van der Waals surface area contributed by atoms with E-state index in [1.54, 1.807) is 46.8 Å². The molecule has 6 nitrogen and oxygen atoms in total. The number of halogens is 1. The Labute approximate surface area is 193 Å². The molecule has 0 atom stereocenters. The van der Waals surface area contributed by atoms with E-state index >= 15 is 0 Å². The number of amides is 1. The molecule has 2 aromatic carbocycles. The molecular formula is C23H29BrN2O4S. The summed E-state index contributed by atoms with van der Waals surface area (Å²) in [5.74, 6) is 0.428. The third kappa shape index (κ3) is 6.30. The maximum Gasteiger partial charge on any atom is 0.255 e. The lowest BCUT2D eigenvalue weighted by molar-refractivity contribution is 0.102. The Morgan fingerprint density at radius 3 is 2.35 bits per heavy atom. The molecule has 31 heavy (non-hydrogen) atoms. The summed E-state index contributed by atoms with van der Waals surface area (Å²) in [5.41, 5.74) is 1.02. The van der Waals surface area contributed by atoms with Gasteiger partial charge >= 0.3 is 0 Å². The van der Waals surface area contributed by atoms with Crippen LogP contribution in [-0.4, -0.2) is 38.3 Å². The molecule has 168 valence electrons. The number of hydrogen-bond donors (Lipinski definition) is 1. The van der Waals surface area contributed by atoms with Gasteiger partial charge in [-0.2, -0.15) is 4.31 Å². The normalized spacial score (nSPS) is 15.3. The summed E-state index contributed by atoms with van der Waals surface area (Å²) in [6.07, 6.45) is 5.95. The smallest absolute Gasteiger partial charge is 0.255 e. The lowest BCUT2D eigenvalue weighted by Crippen LogP contribution is -2.31. The average molecular weight is 509 g/mol. The van der Waals surface area contributed by atoms with Crippen molar-refractivity contribution in [3.8, 4) is 5.75 Å². The number of hydrogen-bond acceptors (Lipinski definition) is 4. The van der Waals surface area contributed by atoms with Crippen LogP contribution in [0.1, 0.15) is 55.8 Å². The fourth-order valence-corrected chi connectivity index (χ4v) is 5.44. The van der Waals surface area contributed by atoms with Crippen LogP contribution in [-0.2, 0) is 10.0 Å². The van der Waals surface area contributed by atoms with Gasteiger partial charge in [0.2, 0.25) is 10.0 Å². The molecule has 0 spiro atoms. The van der Waals surface area contributed by atoms with E-state index in [1.807, 2.05) is 0 Å². The second-order valence-electron chi connectivity index (χ2n) is 7.64. The Kier molecular flexibility index (Phi) is 8.51. The summed E-state index contributed by atoms with van der Waals surface area (Å²) in [6.45, 7) is 3.86. The van der Waals surface area contributed by atoms with E-state index in [0.717, 1.165) is 43.0 Å². The zero-order valence-electron chi connectivity index (χ0n) is 17.8. The predicted molar refractivity (Wildman–Crippen MR) is 126 cm³/mol. The van der Waals surface area contributed by atoms with Gasteiger partial charge < -0.3 is 10.1 Å². The van der Waals surface area contributed by atoms with Crippen LogP contribution in [0.3, 0.4) is 0 Å². The zero-order valence-corrected chi connectivity index (χ0v) is 20.2. The zero-order chi connectivity index (χ0) is 22.3. The molecule has 0 saturated carbocycles. The molecule has 2 aromatic rings. The molecule has 1 heterocycles. The maximum atomic E-state index is 12.9. The van der Waals surface area contributed by atoms with Crippen molar-refractivity contribution in [1.29, 1.82) is 0 Å². The fraction of sp³-hybridized carbons (Fsp3) is 0.435. The number of nitrogens with one attached hydrogen (secondary N) is 1. The van der Waals surface area contributed by atoms with Crippen LogP contribution in [0, 0.1) is 0 Å². The maximum absolute atomic E-state index is 12.9. The third-order valence-corrected chi connectivity index (χ3v) is 7.80. The van der Waals surface area contributed by atoms with Crippen molar-refractivity contribution < 1.29 is 17.9 Å². The summed E-state index contributed by atoms with van der Waals surface area (Å²) in [5, 5.41) is 2.82. The molecule has 0 unspecified atom stereocenters. The van der Waals surface area contributed by atoms with Gasteiger partial charge in [0.15, 0.2) is 0 Å². The number of unbranched alkanes of at least 4 members (excludes halogenated alkanes) is 1. The van der Waals surface area contributed by atoms with Gasteiger partial charge in [-0.25, -0.2) is 8.42 Å². The van der Waals surface area contributed by atoms with E-state index in [0.29, 0.717) is 36.7 Å². The average Bonchev–Trinajstić information content (AvgIpc) is 3.05. The highest BCUT2D eigenvalue weighted by atomic mass is 79.9. The minimum absolute atomic E-state index is 0.253. The number of carbonyl (C=O) groups excluding carboxylic acids is 1. The first kappa shape index (κ1) is 23.8. The first-order valence-electron chi connectivity index (χ1n) is 10.8. The molecular weight excluding hydrogens is 480 g/mol. The van der Waals surface area contributed by atoms with Crippen LogP contribution in [0.4, 0.5) is 5.69 Å². The van der Waals surface area contributed by atoms with Gasteiger partial charge in [-0.05, 0) is 77.7 Å². The SMILES string of the molecule is CCCCOc1ccc(C(=O)Nc2ccc(S(=O)(=O)N3CCCCCC3)cc2)cc1Br. The van der Waals surface area contributed by atoms with E-state index in [2.05, 4.69) is 28.2 Å². The van der Waals surface area contributed by atoms with Gasteiger partial charge in [-0.1, -0.05) is 26.2 Å². The number of carbonyl (C=O) groups is 1. The Bertz CT molecular complexity index is 985. The largest absolute Gasteiger partial charge is 0.492 e. The van der Waals surface area contributed by atoms with Crippen molar-refractivity contribution in [3.63, 3.8) is 0 Å². The number of anilines is 1. The van der Waals surface area contributed by atoms with Gasteiger partial charge in [0, 0.05) is 24.3 Å². The first-order chi connectivity index (χ1) is 14.9. The molecule has 0 aromatic heterocycles. The van der Waals surface area contributed by atoms with Crippen molar-refractivity contribution in [3.05, 3.63) is 52.5 Å². The minimum atomic E-state index is -3.50. The predicted octanol–water partition coefficient (Wildman–Crippen LogP) is 5.45. The Morgan fingerprint density at radius 2 is 1.74 bits per heavy atom. The third-order valence-electron chi connectivity index (χ3n) is 5.26. The summed E-state index contributed by atoms with van der Waals surface area (Å²) in [6, 6.07) is 11.5. The number of rotatable bonds is 8. The van der Waals surface area contributed by atoms with Gasteiger partial charge in [-0.15, -0.1) is 0 Å². The molecule has 0 radical (unpaired) electrons. The minimum Gasteiger partial charge on any atom is -0.492 e. The standard InChI is InChI=1S/C23H29BrN2O4S/c1-2-3-16-30-22-13-8-18(17-21(22)24)23(27)25-19-9-11-20(12-10-19)31(28,29)26-14-6-4-5-7-15-26/h8-13,17H,2-7,14-16H2,1H3,(H,25,27). The van der Waals surface area contributed by atoms with Crippen LogP contribution in [0.25, 0.3) is 0 Å². The molecule has 1 saturated heterocycles. The lowest BCUT2D eigenvalue weighted by atomic mass is 10.2. The Morgan fingerprint density at radius 1 is 1.06 bits per heavy atom. The molecule has 1 aliphatic heterocycles. The molecule has 8 heteroatoms. The van der Waals surface area contributed by atoms with E-state index < -0.39 is 10.0 Å². The van der Waals surface area contributed by atoms with Gasteiger partial charge in [0.25, 0.3) is 5.91 Å². The van der Waals surface area contributed by atoms with Crippen molar-refractivity contribution in [2.24, 2.45) is 0 Å². The second kappa shape index (κ2) is 11.1. The topological polar surface area (TPSA) is 75.7 Å². The van der Waals surface area contributed by atoms with E-state index in [1.165, 1.54) is 0 Å². The monoisotopic (exact) mass is 508 g/mol. The van der Waals surface area contributed by atoms with Gasteiger partial charge in [0.1, 0.15) is 5.75 Å². The molecule has 1 amide bonds. The Balaban J connectivity index is 1.65. The fourth-order valence-electron chi connectivity index (χ4n) is 3.43. The quantitative estimate of drug-likeness (QED) is 0.481. The summed E-state index contributed by atoms with van der Waals surface area (Å²) in [4.78, 5) is 12.9. The van der Waals surface area contributed by atoms with Crippen LogP contribution in [0.2, 0.25) is 0 Å². The van der Waals surface area contributed by atoms with Crippen LogP contribution < -0.4 is 10.1 Å². The molecule has 3 rings (SSSR count). The summed E-state index contributed by atoms with van der Waals surface area (Å²) >= 11 is 3.45. The van der Waals surface area contributed by atoms with Gasteiger partial charge in [0.05, 0.1) is 16.0 Å². The van der Waals surface area contributed by atoms with Crippen LogP contribution in [0.5, 0.6) is 5.75 Å². The highest BCUT2D eigenvalue weighted by molar-refractivity contribution is 9.10. The van der Waals surface area contributed by atoms with E-state index in [9.17, 15) is 13.2 Å². The summed E-state index contributed by atoms with van der Waals surface area (Å²) < 4.78 is 33.7. The van der Waals surface area contributed by atoms with Crippen molar-refractivity contribution in [1.82, 2.24) is 4.31 Å². The van der Waals surface area contributed by atoms with E-state index in [4.69, 9.17) is 4.74 Å². The van der Waals surface area contributed by atoms with Gasteiger partial charge in [-0.3, -0.25) is 4.79 Å². The highest BCUT2D eigenvalue weighted by Gasteiger charge is 2.25. The second-order valence-corrected chi connectivity index (χ2v) is 10.4. The van der Waals surface area contributed by atoms with Crippen molar-refractivity contribution in [2.45, 2.75) is 50.3 Å². The highest BCUT2D eigenvalue weighted by Crippen LogP contribution is 2.27. The molecule has 1 N–H and O–H groups in total. The molecule has 0 bridgehead atoms. The molecule has 1 aliphatic rings. The van der Waals surface area contributed by atoms with E-state index in [-0.39, 0.29) is 10.8 Å². The first-order valence-corrected chi connectivity index (χ1v) is 13.0. The summed E-state index contributed by atoms with van der Waals surface area (Å²) in [7, 11) is -3.50.